The van der Waals surface area contributed by atoms with Crippen molar-refractivity contribution >= 4 is 11.6 Å². The number of carbonyl (C=O) groups is 1. The molecule has 6 heteroatoms. The fourth-order valence-corrected chi connectivity index (χ4v) is 3.10. The Morgan fingerprint density at radius 2 is 1.84 bits per heavy atom. The molecule has 1 aliphatic heterocycles. The molecule has 132 valence electrons. The van der Waals surface area contributed by atoms with Crippen LogP contribution in [0.5, 0.6) is 0 Å². The Balaban J connectivity index is 1.62. The average molecular weight is 339 g/mol. The number of aromatic nitrogens is 2. The van der Waals surface area contributed by atoms with Gasteiger partial charge in [-0.05, 0) is 31.2 Å². The van der Waals surface area contributed by atoms with Crippen molar-refractivity contribution in [3.8, 4) is 0 Å². The molecule has 0 aromatic carbocycles. The largest absolute Gasteiger partial charge is 0.378 e. The second kappa shape index (κ2) is 7.61. The van der Waals surface area contributed by atoms with E-state index in [2.05, 4.69) is 27.9 Å². The Bertz CT molecular complexity index is 711. The number of nitrogens with zero attached hydrogens (tertiary/aromatic N) is 5. The van der Waals surface area contributed by atoms with Gasteiger partial charge in [0.25, 0.3) is 5.91 Å². The maximum atomic E-state index is 12.7. The van der Waals surface area contributed by atoms with Crippen LogP contribution in [0.15, 0.2) is 42.7 Å². The van der Waals surface area contributed by atoms with E-state index in [1.807, 2.05) is 54.4 Å². The fourth-order valence-electron chi connectivity index (χ4n) is 3.10. The van der Waals surface area contributed by atoms with Gasteiger partial charge in [-0.15, -0.1) is 0 Å². The summed E-state index contributed by atoms with van der Waals surface area (Å²) in [5.74, 6) is 0.00818. The molecule has 1 aliphatic rings. The number of amides is 1. The van der Waals surface area contributed by atoms with Crippen LogP contribution in [0.1, 0.15) is 29.1 Å². The highest BCUT2D eigenvalue weighted by Gasteiger charge is 2.26. The van der Waals surface area contributed by atoms with Gasteiger partial charge in [0.1, 0.15) is 5.69 Å². The summed E-state index contributed by atoms with van der Waals surface area (Å²) in [6.45, 7) is 5.28. The van der Waals surface area contributed by atoms with Crippen molar-refractivity contribution in [2.45, 2.75) is 13.0 Å². The molecular weight excluding hydrogens is 314 g/mol. The van der Waals surface area contributed by atoms with Gasteiger partial charge in [0.2, 0.25) is 0 Å². The Kier molecular flexibility index (Phi) is 5.28. The van der Waals surface area contributed by atoms with E-state index in [0.29, 0.717) is 18.8 Å². The van der Waals surface area contributed by atoms with Gasteiger partial charge >= 0.3 is 0 Å². The lowest BCUT2D eigenvalue weighted by molar-refractivity contribution is 0.0573. The van der Waals surface area contributed by atoms with Gasteiger partial charge in [-0.2, -0.15) is 0 Å². The second-order valence-corrected chi connectivity index (χ2v) is 6.55. The highest BCUT2D eigenvalue weighted by molar-refractivity contribution is 5.93. The summed E-state index contributed by atoms with van der Waals surface area (Å²) in [7, 11) is 3.92. The van der Waals surface area contributed by atoms with E-state index in [1.54, 1.807) is 6.20 Å². The van der Waals surface area contributed by atoms with Crippen LogP contribution in [0.4, 0.5) is 5.69 Å². The third-order valence-electron chi connectivity index (χ3n) is 4.74. The molecule has 0 spiro atoms. The zero-order chi connectivity index (χ0) is 17.8. The Morgan fingerprint density at radius 1 is 1.08 bits per heavy atom. The summed E-state index contributed by atoms with van der Waals surface area (Å²) in [6.07, 6.45) is 3.52. The number of carbonyl (C=O) groups excluding carboxylic acids is 1. The molecule has 0 N–H and O–H groups in total. The molecule has 2 aromatic rings. The molecule has 0 saturated carbocycles. The van der Waals surface area contributed by atoms with E-state index >= 15 is 0 Å². The SMILES string of the molecule is C[C@@H](c1ccccn1)N1CCN(C(=O)c2cc(N(C)C)ccn2)CC1. The van der Waals surface area contributed by atoms with Crippen molar-refractivity contribution in [2.24, 2.45) is 0 Å². The zero-order valence-electron chi connectivity index (χ0n) is 15.1. The topological polar surface area (TPSA) is 52.6 Å². The first kappa shape index (κ1) is 17.4. The van der Waals surface area contributed by atoms with Crippen LogP contribution in [0.3, 0.4) is 0 Å². The van der Waals surface area contributed by atoms with E-state index in [0.717, 1.165) is 24.5 Å². The van der Waals surface area contributed by atoms with Crippen LogP contribution in [0, 0.1) is 0 Å². The number of rotatable bonds is 4. The molecule has 1 atom stereocenters. The van der Waals surface area contributed by atoms with Gasteiger partial charge in [0, 0.05) is 64.4 Å². The summed E-state index contributed by atoms with van der Waals surface area (Å²) >= 11 is 0. The first-order valence-corrected chi connectivity index (χ1v) is 8.64. The van der Waals surface area contributed by atoms with E-state index in [4.69, 9.17) is 0 Å². The fraction of sp³-hybridized carbons (Fsp3) is 0.421. The van der Waals surface area contributed by atoms with Crippen LogP contribution >= 0.6 is 0 Å². The predicted molar refractivity (Wildman–Crippen MR) is 98.7 cm³/mol. The molecule has 25 heavy (non-hydrogen) atoms. The third kappa shape index (κ3) is 3.96. The van der Waals surface area contributed by atoms with E-state index < -0.39 is 0 Å². The van der Waals surface area contributed by atoms with Gasteiger partial charge in [0.15, 0.2) is 0 Å². The summed E-state index contributed by atoms with van der Waals surface area (Å²) in [5, 5.41) is 0. The molecule has 1 amide bonds. The molecule has 6 nitrogen and oxygen atoms in total. The highest BCUT2D eigenvalue weighted by atomic mass is 16.2. The lowest BCUT2D eigenvalue weighted by Gasteiger charge is -2.37. The molecule has 0 bridgehead atoms. The van der Waals surface area contributed by atoms with Crippen molar-refractivity contribution in [3.63, 3.8) is 0 Å². The van der Waals surface area contributed by atoms with Crippen molar-refractivity contribution in [2.75, 3.05) is 45.2 Å². The molecule has 2 aromatic heterocycles. The van der Waals surface area contributed by atoms with E-state index in [9.17, 15) is 4.79 Å². The normalized spacial score (nSPS) is 16.5. The van der Waals surface area contributed by atoms with Gasteiger partial charge < -0.3 is 9.80 Å². The smallest absolute Gasteiger partial charge is 0.272 e. The molecule has 0 aliphatic carbocycles. The second-order valence-electron chi connectivity index (χ2n) is 6.55. The Labute approximate surface area is 149 Å². The van der Waals surface area contributed by atoms with Crippen LogP contribution in [0.25, 0.3) is 0 Å². The standard InChI is InChI=1S/C19H25N5O/c1-15(17-6-4-5-8-20-17)23-10-12-24(13-11-23)19(25)18-14-16(22(2)3)7-9-21-18/h4-9,14-15H,10-13H2,1-3H3/t15-/m0/s1. The van der Waals surface area contributed by atoms with Gasteiger partial charge in [-0.3, -0.25) is 19.7 Å². The number of hydrogen-bond acceptors (Lipinski definition) is 5. The Morgan fingerprint density at radius 3 is 2.48 bits per heavy atom. The molecule has 0 unspecified atom stereocenters. The van der Waals surface area contributed by atoms with Crippen molar-refractivity contribution in [1.82, 2.24) is 19.8 Å². The number of pyridine rings is 2. The minimum atomic E-state index is 0.00818. The minimum Gasteiger partial charge on any atom is -0.378 e. The molecule has 1 fully saturated rings. The quantitative estimate of drug-likeness (QED) is 0.853. The summed E-state index contributed by atoms with van der Waals surface area (Å²) in [4.78, 5) is 27.7. The maximum Gasteiger partial charge on any atom is 0.272 e. The van der Waals surface area contributed by atoms with Crippen LogP contribution in [0.2, 0.25) is 0 Å². The number of anilines is 1. The van der Waals surface area contributed by atoms with Crippen molar-refractivity contribution in [3.05, 3.63) is 54.1 Å². The maximum absolute atomic E-state index is 12.7. The zero-order valence-corrected chi connectivity index (χ0v) is 15.1. The lowest BCUT2D eigenvalue weighted by Crippen LogP contribution is -2.49. The molecular formula is C19H25N5O. The van der Waals surface area contributed by atoms with E-state index in [-0.39, 0.29) is 11.9 Å². The van der Waals surface area contributed by atoms with Crippen molar-refractivity contribution < 1.29 is 4.79 Å². The molecule has 0 radical (unpaired) electrons. The molecule has 1 saturated heterocycles. The number of hydrogen-bond donors (Lipinski definition) is 0. The monoisotopic (exact) mass is 339 g/mol. The van der Waals surface area contributed by atoms with E-state index in [1.165, 1.54) is 0 Å². The Hall–Kier alpha value is -2.47. The summed E-state index contributed by atoms with van der Waals surface area (Å²) in [6, 6.07) is 10.0. The first-order valence-electron chi connectivity index (χ1n) is 8.64. The minimum absolute atomic E-state index is 0.00818. The van der Waals surface area contributed by atoms with Gasteiger partial charge in [-0.25, -0.2) is 0 Å². The third-order valence-corrected chi connectivity index (χ3v) is 4.74. The first-order chi connectivity index (χ1) is 12.1. The predicted octanol–water partition coefficient (Wildman–Crippen LogP) is 2.06. The highest BCUT2D eigenvalue weighted by Crippen LogP contribution is 2.20. The van der Waals surface area contributed by atoms with Crippen molar-refractivity contribution in [1.29, 1.82) is 0 Å². The van der Waals surface area contributed by atoms with Crippen LogP contribution in [-0.4, -0.2) is 65.9 Å². The van der Waals surface area contributed by atoms with Crippen LogP contribution < -0.4 is 4.90 Å². The molecule has 3 rings (SSSR count). The van der Waals surface area contributed by atoms with Crippen LogP contribution in [-0.2, 0) is 0 Å². The van der Waals surface area contributed by atoms with Gasteiger partial charge in [0.05, 0.1) is 5.69 Å². The number of piperazine rings is 1. The summed E-state index contributed by atoms with van der Waals surface area (Å²) in [5.41, 5.74) is 2.57. The molecule has 3 heterocycles. The average Bonchev–Trinajstić information content (AvgIpc) is 2.67. The summed E-state index contributed by atoms with van der Waals surface area (Å²) < 4.78 is 0. The van der Waals surface area contributed by atoms with Gasteiger partial charge in [-0.1, -0.05) is 6.07 Å². The lowest BCUT2D eigenvalue weighted by atomic mass is 10.1.